The normalized spacial score (nSPS) is 16.0. The van der Waals surface area contributed by atoms with Crippen LogP contribution < -0.4 is 16.0 Å². The molecule has 0 heterocycles. The van der Waals surface area contributed by atoms with Crippen molar-refractivity contribution >= 4 is 5.84 Å². The number of nitrogens with zero attached hydrogens (tertiary/aromatic N) is 1. The van der Waals surface area contributed by atoms with Crippen LogP contribution in [0.25, 0.3) is 0 Å². The van der Waals surface area contributed by atoms with Crippen molar-refractivity contribution in [3.63, 3.8) is 0 Å². The van der Waals surface area contributed by atoms with Gasteiger partial charge >= 0.3 is 0 Å². The Balaban J connectivity index is 2.05. The molecule has 0 amide bonds. The molecule has 2 rings (SSSR count). The molecule has 0 bridgehead atoms. The van der Waals surface area contributed by atoms with E-state index in [1.54, 1.807) is 7.11 Å². The lowest BCUT2D eigenvalue weighted by Crippen LogP contribution is -2.32. The Morgan fingerprint density at radius 3 is 3.00 bits per heavy atom. The van der Waals surface area contributed by atoms with Gasteiger partial charge in [0.2, 0.25) is 0 Å². The lowest BCUT2D eigenvalue weighted by Gasteiger charge is -2.07. The summed E-state index contributed by atoms with van der Waals surface area (Å²) in [6.45, 7) is 0. The zero-order valence-corrected chi connectivity index (χ0v) is 9.44. The van der Waals surface area contributed by atoms with Crippen LogP contribution in [0.1, 0.15) is 18.4 Å². The summed E-state index contributed by atoms with van der Waals surface area (Å²) in [6, 6.07) is 8.43. The second-order valence-electron chi connectivity index (χ2n) is 3.98. The SMILES string of the molecule is COc1cccc(CC(=NC2CC2)NN)c1. The number of hydrogen-bond acceptors (Lipinski definition) is 3. The average molecular weight is 219 g/mol. The van der Waals surface area contributed by atoms with Crippen LogP contribution in [-0.4, -0.2) is 19.0 Å². The van der Waals surface area contributed by atoms with E-state index in [2.05, 4.69) is 10.4 Å². The number of aliphatic imine (C=N–C) groups is 1. The molecule has 0 radical (unpaired) electrons. The van der Waals surface area contributed by atoms with Gasteiger partial charge < -0.3 is 10.2 Å². The third-order valence-electron chi connectivity index (χ3n) is 2.56. The summed E-state index contributed by atoms with van der Waals surface area (Å²) in [5.41, 5.74) is 3.82. The monoisotopic (exact) mass is 219 g/mol. The predicted octanol–water partition coefficient (Wildman–Crippen LogP) is 1.26. The van der Waals surface area contributed by atoms with Crippen LogP contribution in [0.4, 0.5) is 0 Å². The summed E-state index contributed by atoms with van der Waals surface area (Å²) in [6.07, 6.45) is 3.09. The average Bonchev–Trinajstić information content (AvgIpc) is 3.12. The molecule has 4 heteroatoms. The molecule has 1 fully saturated rings. The van der Waals surface area contributed by atoms with Crippen molar-refractivity contribution < 1.29 is 4.74 Å². The second-order valence-corrected chi connectivity index (χ2v) is 3.98. The highest BCUT2D eigenvalue weighted by atomic mass is 16.5. The quantitative estimate of drug-likeness (QED) is 0.347. The first-order chi connectivity index (χ1) is 7.81. The Morgan fingerprint density at radius 1 is 1.56 bits per heavy atom. The fraction of sp³-hybridized carbons (Fsp3) is 0.417. The van der Waals surface area contributed by atoms with Gasteiger partial charge in [0.25, 0.3) is 0 Å². The molecule has 1 saturated carbocycles. The predicted molar refractivity (Wildman–Crippen MR) is 64.5 cm³/mol. The Hall–Kier alpha value is -1.55. The van der Waals surface area contributed by atoms with Crippen molar-refractivity contribution in [3.05, 3.63) is 29.8 Å². The van der Waals surface area contributed by atoms with Crippen molar-refractivity contribution in [1.29, 1.82) is 0 Å². The molecule has 1 aromatic rings. The number of benzene rings is 1. The van der Waals surface area contributed by atoms with Gasteiger partial charge in [0.15, 0.2) is 0 Å². The summed E-state index contributed by atoms with van der Waals surface area (Å²) < 4.78 is 5.17. The minimum absolute atomic E-state index is 0.483. The number of methoxy groups -OCH3 is 1. The van der Waals surface area contributed by atoms with E-state index in [-0.39, 0.29) is 0 Å². The molecule has 86 valence electrons. The zero-order valence-electron chi connectivity index (χ0n) is 9.44. The van der Waals surface area contributed by atoms with Gasteiger partial charge in [-0.05, 0) is 30.5 Å². The minimum Gasteiger partial charge on any atom is -0.497 e. The minimum atomic E-state index is 0.483. The van der Waals surface area contributed by atoms with Gasteiger partial charge in [-0.1, -0.05) is 12.1 Å². The van der Waals surface area contributed by atoms with Gasteiger partial charge in [0.1, 0.15) is 11.6 Å². The number of amidine groups is 1. The molecule has 1 aliphatic rings. The molecule has 0 aromatic heterocycles. The summed E-state index contributed by atoms with van der Waals surface area (Å²) in [5, 5.41) is 0. The molecule has 0 atom stereocenters. The molecular weight excluding hydrogens is 202 g/mol. The van der Waals surface area contributed by atoms with Crippen LogP contribution in [0.3, 0.4) is 0 Å². The first-order valence-corrected chi connectivity index (χ1v) is 5.48. The maximum Gasteiger partial charge on any atom is 0.119 e. The maximum absolute atomic E-state index is 5.46. The summed E-state index contributed by atoms with van der Waals surface area (Å²) in [5.74, 6) is 7.16. The van der Waals surface area contributed by atoms with Crippen LogP contribution in [0.5, 0.6) is 5.75 Å². The van der Waals surface area contributed by atoms with E-state index >= 15 is 0 Å². The Kier molecular flexibility index (Phi) is 3.41. The zero-order chi connectivity index (χ0) is 11.4. The fourth-order valence-electron chi connectivity index (χ4n) is 1.53. The lowest BCUT2D eigenvalue weighted by molar-refractivity contribution is 0.414. The van der Waals surface area contributed by atoms with E-state index in [0.29, 0.717) is 6.04 Å². The topological polar surface area (TPSA) is 59.6 Å². The number of hydrazine groups is 1. The standard InChI is InChI=1S/C12H17N3O/c1-16-11-4-2-3-9(7-11)8-12(15-13)14-10-5-6-10/h2-4,7,10H,5-6,8,13H2,1H3,(H,14,15). The van der Waals surface area contributed by atoms with Crippen molar-refractivity contribution in [1.82, 2.24) is 5.43 Å². The Morgan fingerprint density at radius 2 is 2.38 bits per heavy atom. The first kappa shape index (κ1) is 11.0. The van der Waals surface area contributed by atoms with Gasteiger partial charge in [-0.25, -0.2) is 5.84 Å². The third-order valence-corrected chi connectivity index (χ3v) is 2.56. The van der Waals surface area contributed by atoms with Gasteiger partial charge in [-0.2, -0.15) is 0 Å². The molecule has 0 saturated heterocycles. The van der Waals surface area contributed by atoms with Gasteiger partial charge in [0, 0.05) is 6.42 Å². The largest absolute Gasteiger partial charge is 0.497 e. The highest BCUT2D eigenvalue weighted by molar-refractivity contribution is 5.84. The van der Waals surface area contributed by atoms with Crippen LogP contribution in [-0.2, 0) is 6.42 Å². The molecule has 4 nitrogen and oxygen atoms in total. The van der Waals surface area contributed by atoms with Crippen LogP contribution in [0, 0.1) is 0 Å². The van der Waals surface area contributed by atoms with Crippen molar-refractivity contribution in [2.24, 2.45) is 10.8 Å². The maximum atomic E-state index is 5.46. The highest BCUT2D eigenvalue weighted by Crippen LogP contribution is 2.23. The third kappa shape index (κ3) is 2.97. The number of rotatable bonds is 4. The Bertz CT molecular complexity index is 386. The van der Waals surface area contributed by atoms with Gasteiger partial charge in [-0.3, -0.25) is 4.99 Å². The second kappa shape index (κ2) is 4.99. The molecule has 3 N–H and O–H groups in total. The van der Waals surface area contributed by atoms with Crippen LogP contribution in [0.15, 0.2) is 29.3 Å². The Labute approximate surface area is 95.5 Å². The van der Waals surface area contributed by atoms with Crippen molar-refractivity contribution in [3.8, 4) is 5.75 Å². The van der Waals surface area contributed by atoms with Crippen molar-refractivity contribution in [2.45, 2.75) is 25.3 Å². The first-order valence-electron chi connectivity index (χ1n) is 5.48. The van der Waals surface area contributed by atoms with E-state index in [0.717, 1.165) is 23.6 Å². The molecule has 0 unspecified atom stereocenters. The molecule has 16 heavy (non-hydrogen) atoms. The van der Waals surface area contributed by atoms with E-state index in [1.165, 1.54) is 12.8 Å². The molecule has 1 aromatic carbocycles. The molecule has 1 aliphatic carbocycles. The smallest absolute Gasteiger partial charge is 0.119 e. The van der Waals surface area contributed by atoms with Crippen LogP contribution in [0.2, 0.25) is 0 Å². The van der Waals surface area contributed by atoms with Gasteiger partial charge in [0.05, 0.1) is 13.2 Å². The molecule has 0 spiro atoms. The van der Waals surface area contributed by atoms with E-state index in [4.69, 9.17) is 10.6 Å². The summed E-state index contributed by atoms with van der Waals surface area (Å²) in [7, 11) is 1.67. The summed E-state index contributed by atoms with van der Waals surface area (Å²) >= 11 is 0. The highest BCUT2D eigenvalue weighted by Gasteiger charge is 2.20. The molecule has 0 aliphatic heterocycles. The van der Waals surface area contributed by atoms with Crippen molar-refractivity contribution in [2.75, 3.05) is 7.11 Å². The number of nitrogens with two attached hydrogens (primary N) is 1. The number of ether oxygens (including phenoxy) is 1. The van der Waals surface area contributed by atoms with E-state index < -0.39 is 0 Å². The number of nitrogens with one attached hydrogen (secondary N) is 1. The van der Waals surface area contributed by atoms with E-state index in [9.17, 15) is 0 Å². The molecular formula is C12H17N3O. The fourth-order valence-corrected chi connectivity index (χ4v) is 1.53. The van der Waals surface area contributed by atoms with E-state index in [1.807, 2.05) is 24.3 Å². The summed E-state index contributed by atoms with van der Waals surface area (Å²) in [4.78, 5) is 4.50. The number of hydrogen-bond donors (Lipinski definition) is 2. The lowest BCUT2D eigenvalue weighted by atomic mass is 10.1. The van der Waals surface area contributed by atoms with Gasteiger partial charge in [-0.15, -0.1) is 0 Å². The van der Waals surface area contributed by atoms with Crippen LogP contribution >= 0.6 is 0 Å².